The molecule has 2 heterocycles. The summed E-state index contributed by atoms with van der Waals surface area (Å²) in [7, 11) is 0. The van der Waals surface area contributed by atoms with Gasteiger partial charge in [-0.25, -0.2) is 4.39 Å². The van der Waals surface area contributed by atoms with Crippen molar-refractivity contribution in [2.75, 3.05) is 26.2 Å². The zero-order chi connectivity index (χ0) is 17.9. The first kappa shape index (κ1) is 17.2. The summed E-state index contributed by atoms with van der Waals surface area (Å²) in [5.41, 5.74) is 3.53. The minimum atomic E-state index is -0.302. The van der Waals surface area contributed by atoms with E-state index in [1.807, 2.05) is 4.90 Å². The predicted molar refractivity (Wildman–Crippen MR) is 100 cm³/mol. The van der Waals surface area contributed by atoms with Gasteiger partial charge in [0.05, 0.1) is 0 Å². The zero-order valence-corrected chi connectivity index (χ0v) is 15.0. The van der Waals surface area contributed by atoms with Crippen LogP contribution >= 0.6 is 0 Å². The Morgan fingerprint density at radius 2 is 1.65 bits per heavy atom. The van der Waals surface area contributed by atoms with Crippen molar-refractivity contribution >= 4 is 5.91 Å². The predicted octanol–water partition coefficient (Wildman–Crippen LogP) is 3.74. The smallest absolute Gasteiger partial charge is 0.253 e. The number of fused-ring (bicyclic) bond motifs is 1. The van der Waals surface area contributed by atoms with Crippen molar-refractivity contribution in [1.82, 2.24) is 9.80 Å². The summed E-state index contributed by atoms with van der Waals surface area (Å²) in [5, 5.41) is 0. The van der Waals surface area contributed by atoms with Crippen LogP contribution in [0.3, 0.4) is 0 Å². The maximum atomic E-state index is 13.0. The van der Waals surface area contributed by atoms with E-state index in [-0.39, 0.29) is 11.7 Å². The molecule has 0 unspecified atom stereocenters. The van der Waals surface area contributed by atoms with Gasteiger partial charge in [-0.15, -0.1) is 0 Å². The van der Waals surface area contributed by atoms with Crippen LogP contribution in [0, 0.1) is 11.7 Å². The molecule has 2 aromatic rings. The summed E-state index contributed by atoms with van der Waals surface area (Å²) in [4.78, 5) is 17.0. The van der Waals surface area contributed by atoms with Gasteiger partial charge in [0.2, 0.25) is 0 Å². The first-order valence-electron chi connectivity index (χ1n) is 9.53. The SMILES string of the molecule is O=C(c1ccc(F)cc1)N1CCC(CN2CCc3ccccc3C2)CC1. The second-order valence-electron chi connectivity index (χ2n) is 7.50. The first-order valence-corrected chi connectivity index (χ1v) is 9.53. The highest BCUT2D eigenvalue weighted by atomic mass is 19.1. The molecule has 0 bridgehead atoms. The van der Waals surface area contributed by atoms with Gasteiger partial charge >= 0.3 is 0 Å². The van der Waals surface area contributed by atoms with Gasteiger partial charge in [-0.3, -0.25) is 9.69 Å². The number of likely N-dealkylation sites (tertiary alicyclic amines) is 1. The van der Waals surface area contributed by atoms with Crippen molar-refractivity contribution in [1.29, 1.82) is 0 Å². The molecular formula is C22H25FN2O. The largest absolute Gasteiger partial charge is 0.339 e. The Kier molecular flexibility index (Phi) is 5.02. The Morgan fingerprint density at radius 1 is 0.962 bits per heavy atom. The van der Waals surface area contributed by atoms with E-state index in [4.69, 9.17) is 0 Å². The molecule has 0 saturated carbocycles. The minimum absolute atomic E-state index is 0.0235. The van der Waals surface area contributed by atoms with E-state index in [0.717, 1.165) is 52.0 Å². The summed E-state index contributed by atoms with van der Waals surface area (Å²) >= 11 is 0. The van der Waals surface area contributed by atoms with Crippen LogP contribution in [0.4, 0.5) is 4.39 Å². The summed E-state index contributed by atoms with van der Waals surface area (Å²) in [6.45, 7) is 4.89. The standard InChI is InChI=1S/C22H25FN2O/c23-21-7-5-19(6-8-21)22(26)25-13-9-17(10-14-25)15-24-12-11-18-3-1-2-4-20(18)16-24/h1-8,17H,9-16H2. The number of carbonyl (C=O) groups excluding carboxylic acids is 1. The van der Waals surface area contributed by atoms with Crippen LogP contribution in [-0.2, 0) is 13.0 Å². The van der Waals surface area contributed by atoms with E-state index in [1.165, 1.54) is 23.3 Å². The molecule has 136 valence electrons. The monoisotopic (exact) mass is 352 g/mol. The molecule has 0 aliphatic carbocycles. The van der Waals surface area contributed by atoms with Crippen LogP contribution in [0.5, 0.6) is 0 Å². The lowest BCUT2D eigenvalue weighted by atomic mass is 9.93. The molecule has 4 rings (SSSR count). The van der Waals surface area contributed by atoms with Gasteiger partial charge in [0, 0.05) is 38.3 Å². The molecule has 3 nitrogen and oxygen atoms in total. The maximum absolute atomic E-state index is 13.0. The van der Waals surface area contributed by atoms with Gasteiger partial charge in [0.15, 0.2) is 0 Å². The van der Waals surface area contributed by atoms with Gasteiger partial charge in [-0.1, -0.05) is 24.3 Å². The second-order valence-corrected chi connectivity index (χ2v) is 7.50. The fraction of sp³-hybridized carbons (Fsp3) is 0.409. The number of carbonyl (C=O) groups is 1. The Balaban J connectivity index is 1.29. The minimum Gasteiger partial charge on any atom is -0.339 e. The molecule has 1 fully saturated rings. The van der Waals surface area contributed by atoms with Crippen LogP contribution in [0.1, 0.15) is 34.3 Å². The maximum Gasteiger partial charge on any atom is 0.253 e. The lowest BCUT2D eigenvalue weighted by Crippen LogP contribution is -2.42. The van der Waals surface area contributed by atoms with E-state index in [0.29, 0.717) is 11.5 Å². The van der Waals surface area contributed by atoms with Crippen molar-refractivity contribution in [3.05, 3.63) is 71.0 Å². The lowest BCUT2D eigenvalue weighted by Gasteiger charge is -2.36. The van der Waals surface area contributed by atoms with Crippen LogP contribution < -0.4 is 0 Å². The van der Waals surface area contributed by atoms with Crippen LogP contribution in [0.25, 0.3) is 0 Å². The summed E-state index contributed by atoms with van der Waals surface area (Å²) in [6.07, 6.45) is 3.23. The van der Waals surface area contributed by atoms with Gasteiger partial charge in [-0.2, -0.15) is 0 Å². The second kappa shape index (κ2) is 7.58. The van der Waals surface area contributed by atoms with Crippen molar-refractivity contribution in [3.8, 4) is 0 Å². The van der Waals surface area contributed by atoms with E-state index < -0.39 is 0 Å². The normalized spacial score (nSPS) is 18.6. The molecule has 1 saturated heterocycles. The zero-order valence-electron chi connectivity index (χ0n) is 15.0. The number of benzene rings is 2. The number of rotatable bonds is 3. The van der Waals surface area contributed by atoms with Crippen molar-refractivity contribution < 1.29 is 9.18 Å². The van der Waals surface area contributed by atoms with E-state index in [2.05, 4.69) is 29.2 Å². The molecular weight excluding hydrogens is 327 g/mol. The number of hydrogen-bond donors (Lipinski definition) is 0. The summed E-state index contributed by atoms with van der Waals surface area (Å²) in [6, 6.07) is 14.6. The molecule has 4 heteroatoms. The van der Waals surface area contributed by atoms with Gasteiger partial charge < -0.3 is 4.90 Å². The highest BCUT2D eigenvalue weighted by molar-refractivity contribution is 5.94. The van der Waals surface area contributed by atoms with Crippen LogP contribution in [0.2, 0.25) is 0 Å². The molecule has 0 N–H and O–H groups in total. The fourth-order valence-corrected chi connectivity index (χ4v) is 4.17. The lowest BCUT2D eigenvalue weighted by molar-refractivity contribution is 0.0663. The average Bonchev–Trinajstić information content (AvgIpc) is 2.68. The molecule has 0 aromatic heterocycles. The quantitative estimate of drug-likeness (QED) is 0.840. The van der Waals surface area contributed by atoms with E-state index in [9.17, 15) is 9.18 Å². The summed E-state index contributed by atoms with van der Waals surface area (Å²) in [5.74, 6) is 0.372. The molecule has 1 amide bonds. The van der Waals surface area contributed by atoms with E-state index in [1.54, 1.807) is 12.1 Å². The van der Waals surface area contributed by atoms with Crippen LogP contribution in [0.15, 0.2) is 48.5 Å². The number of piperidine rings is 1. The molecule has 0 radical (unpaired) electrons. The van der Waals surface area contributed by atoms with Gasteiger partial charge in [0.25, 0.3) is 5.91 Å². The van der Waals surface area contributed by atoms with Crippen molar-refractivity contribution in [3.63, 3.8) is 0 Å². The van der Waals surface area contributed by atoms with Crippen molar-refractivity contribution in [2.24, 2.45) is 5.92 Å². The number of amides is 1. The Morgan fingerprint density at radius 3 is 2.38 bits per heavy atom. The molecule has 0 spiro atoms. The summed E-state index contributed by atoms with van der Waals surface area (Å²) < 4.78 is 13.0. The van der Waals surface area contributed by atoms with E-state index >= 15 is 0 Å². The third-order valence-corrected chi connectivity index (χ3v) is 5.72. The number of nitrogens with zero attached hydrogens (tertiary/aromatic N) is 2. The molecule has 2 aromatic carbocycles. The number of hydrogen-bond acceptors (Lipinski definition) is 2. The highest BCUT2D eigenvalue weighted by Gasteiger charge is 2.26. The molecule has 26 heavy (non-hydrogen) atoms. The Labute approximate surface area is 154 Å². The molecule has 2 aliphatic heterocycles. The average molecular weight is 352 g/mol. The van der Waals surface area contributed by atoms with Gasteiger partial charge in [-0.05, 0) is 60.6 Å². The molecule has 2 aliphatic rings. The fourth-order valence-electron chi connectivity index (χ4n) is 4.17. The third-order valence-electron chi connectivity index (χ3n) is 5.72. The Bertz CT molecular complexity index is 766. The van der Waals surface area contributed by atoms with Crippen LogP contribution in [-0.4, -0.2) is 41.9 Å². The third kappa shape index (κ3) is 3.80. The molecule has 0 atom stereocenters. The Hall–Kier alpha value is -2.20. The van der Waals surface area contributed by atoms with Gasteiger partial charge in [0.1, 0.15) is 5.82 Å². The number of halogens is 1. The highest BCUT2D eigenvalue weighted by Crippen LogP contribution is 2.24. The van der Waals surface area contributed by atoms with Crippen molar-refractivity contribution in [2.45, 2.75) is 25.8 Å². The first-order chi connectivity index (χ1) is 12.7. The topological polar surface area (TPSA) is 23.6 Å².